The van der Waals surface area contributed by atoms with Crippen molar-refractivity contribution in [1.82, 2.24) is 0 Å². The average Bonchev–Trinajstić information content (AvgIpc) is 1.67. The molecule has 0 aliphatic heterocycles. The summed E-state index contributed by atoms with van der Waals surface area (Å²) in [5.74, 6) is 1.09. The van der Waals surface area contributed by atoms with E-state index in [9.17, 15) is 0 Å². The van der Waals surface area contributed by atoms with Crippen LogP contribution in [0.2, 0.25) is 0 Å². The van der Waals surface area contributed by atoms with E-state index in [-0.39, 0.29) is 6.04 Å². The van der Waals surface area contributed by atoms with Crippen molar-refractivity contribution in [2.75, 3.05) is 5.75 Å². The standard InChI is InChI=1S/C5H13NS2/c1-3-8-5(7)4(2)6/h4-5,7H,3,6H2,1-2H3. The van der Waals surface area contributed by atoms with Gasteiger partial charge in [0.25, 0.3) is 0 Å². The third-order valence-corrected chi connectivity index (χ3v) is 2.81. The van der Waals surface area contributed by atoms with Gasteiger partial charge in [-0.2, -0.15) is 12.6 Å². The molecule has 2 unspecified atom stereocenters. The molecule has 1 nitrogen and oxygen atoms in total. The Balaban J connectivity index is 3.17. The van der Waals surface area contributed by atoms with Gasteiger partial charge in [0.1, 0.15) is 0 Å². The Labute approximate surface area is 60.8 Å². The first-order chi connectivity index (χ1) is 3.68. The first-order valence-electron chi connectivity index (χ1n) is 2.73. The quantitative estimate of drug-likeness (QED) is 0.470. The lowest BCUT2D eigenvalue weighted by molar-refractivity contribution is 0.820. The summed E-state index contributed by atoms with van der Waals surface area (Å²) in [5.41, 5.74) is 5.52. The molecule has 0 spiro atoms. The maximum Gasteiger partial charge on any atom is 0.0620 e. The van der Waals surface area contributed by atoms with Crippen molar-refractivity contribution in [1.29, 1.82) is 0 Å². The van der Waals surface area contributed by atoms with E-state index < -0.39 is 0 Å². The molecule has 3 heteroatoms. The first-order valence-corrected chi connectivity index (χ1v) is 4.30. The van der Waals surface area contributed by atoms with Crippen LogP contribution in [0.15, 0.2) is 0 Å². The van der Waals surface area contributed by atoms with Gasteiger partial charge in [-0.25, -0.2) is 0 Å². The molecule has 0 aliphatic rings. The van der Waals surface area contributed by atoms with Crippen LogP contribution in [0.3, 0.4) is 0 Å². The molecule has 0 aromatic rings. The highest BCUT2D eigenvalue weighted by molar-refractivity contribution is 8.10. The highest BCUT2D eigenvalue weighted by Gasteiger charge is 2.05. The second-order valence-corrected chi connectivity index (χ2v) is 4.03. The van der Waals surface area contributed by atoms with Gasteiger partial charge in [-0.3, -0.25) is 0 Å². The molecule has 0 radical (unpaired) electrons. The SMILES string of the molecule is CCSC(S)C(C)N. The van der Waals surface area contributed by atoms with Crippen LogP contribution >= 0.6 is 24.4 Å². The lowest BCUT2D eigenvalue weighted by Crippen LogP contribution is -2.24. The summed E-state index contributed by atoms with van der Waals surface area (Å²) in [6.45, 7) is 4.08. The average molecular weight is 151 g/mol. The van der Waals surface area contributed by atoms with Gasteiger partial charge in [-0.05, 0) is 12.7 Å². The predicted octanol–water partition coefficient (Wildman–Crippen LogP) is 1.34. The molecule has 2 N–H and O–H groups in total. The molecule has 0 aromatic heterocycles. The summed E-state index contributed by atoms with van der Waals surface area (Å²) < 4.78 is 0.306. The van der Waals surface area contributed by atoms with Gasteiger partial charge in [0.2, 0.25) is 0 Å². The van der Waals surface area contributed by atoms with E-state index in [1.165, 1.54) is 0 Å². The predicted molar refractivity (Wildman–Crippen MR) is 44.6 cm³/mol. The largest absolute Gasteiger partial charge is 0.326 e. The van der Waals surface area contributed by atoms with E-state index in [4.69, 9.17) is 5.73 Å². The van der Waals surface area contributed by atoms with Gasteiger partial charge in [0.15, 0.2) is 0 Å². The second kappa shape index (κ2) is 4.53. The van der Waals surface area contributed by atoms with Crippen LogP contribution in [0.5, 0.6) is 0 Å². The zero-order valence-corrected chi connectivity index (χ0v) is 7.01. The highest BCUT2D eigenvalue weighted by atomic mass is 32.2. The van der Waals surface area contributed by atoms with Crippen molar-refractivity contribution < 1.29 is 0 Å². The Morgan fingerprint density at radius 3 is 2.38 bits per heavy atom. The van der Waals surface area contributed by atoms with Crippen molar-refractivity contribution in [3.8, 4) is 0 Å². The fourth-order valence-corrected chi connectivity index (χ4v) is 1.41. The minimum absolute atomic E-state index is 0.197. The van der Waals surface area contributed by atoms with E-state index in [2.05, 4.69) is 19.6 Å². The monoisotopic (exact) mass is 151 g/mol. The number of rotatable bonds is 3. The van der Waals surface area contributed by atoms with Crippen LogP contribution in [0.4, 0.5) is 0 Å². The number of hydrogen-bond donors (Lipinski definition) is 2. The number of thiol groups is 1. The van der Waals surface area contributed by atoms with Crippen LogP contribution in [-0.4, -0.2) is 16.4 Å². The van der Waals surface area contributed by atoms with E-state index in [0.29, 0.717) is 4.58 Å². The van der Waals surface area contributed by atoms with Crippen molar-refractivity contribution in [2.45, 2.75) is 24.5 Å². The minimum atomic E-state index is 0.197. The van der Waals surface area contributed by atoms with E-state index >= 15 is 0 Å². The number of hydrogen-bond acceptors (Lipinski definition) is 3. The Morgan fingerprint density at radius 1 is 1.75 bits per heavy atom. The van der Waals surface area contributed by atoms with Crippen LogP contribution in [0, 0.1) is 0 Å². The maximum atomic E-state index is 5.52. The Hall–Kier alpha value is 0.660. The van der Waals surface area contributed by atoms with Crippen LogP contribution in [0.25, 0.3) is 0 Å². The topological polar surface area (TPSA) is 26.0 Å². The summed E-state index contributed by atoms with van der Waals surface area (Å²) in [6, 6.07) is 0.197. The summed E-state index contributed by atoms with van der Waals surface area (Å²) in [6.07, 6.45) is 0. The molecule has 0 heterocycles. The zero-order valence-electron chi connectivity index (χ0n) is 5.29. The maximum absolute atomic E-state index is 5.52. The second-order valence-electron chi connectivity index (χ2n) is 1.71. The van der Waals surface area contributed by atoms with E-state index in [0.717, 1.165) is 5.75 Å². The molecule has 0 aromatic carbocycles. The van der Waals surface area contributed by atoms with Gasteiger partial charge in [0.05, 0.1) is 4.58 Å². The minimum Gasteiger partial charge on any atom is -0.326 e. The molecule has 0 fully saturated rings. The third-order valence-electron chi connectivity index (χ3n) is 0.787. The zero-order chi connectivity index (χ0) is 6.57. The molecule has 50 valence electrons. The van der Waals surface area contributed by atoms with Gasteiger partial charge in [0, 0.05) is 6.04 Å². The fourth-order valence-electron chi connectivity index (χ4n) is 0.323. The number of thioether (sulfide) groups is 1. The first kappa shape index (κ1) is 8.66. The van der Waals surface area contributed by atoms with Gasteiger partial charge in [-0.15, -0.1) is 11.8 Å². The lowest BCUT2D eigenvalue weighted by atomic mass is 10.4. The van der Waals surface area contributed by atoms with Gasteiger partial charge in [-0.1, -0.05) is 6.92 Å². The summed E-state index contributed by atoms with van der Waals surface area (Å²) in [4.78, 5) is 0. The van der Waals surface area contributed by atoms with Crippen molar-refractivity contribution in [3.05, 3.63) is 0 Å². The van der Waals surface area contributed by atoms with Crippen LogP contribution < -0.4 is 5.73 Å². The molecular weight excluding hydrogens is 138 g/mol. The van der Waals surface area contributed by atoms with Gasteiger partial charge < -0.3 is 5.73 Å². The molecule has 0 aliphatic carbocycles. The molecule has 0 amide bonds. The van der Waals surface area contributed by atoms with Crippen molar-refractivity contribution in [2.24, 2.45) is 5.73 Å². The van der Waals surface area contributed by atoms with Crippen LogP contribution in [0.1, 0.15) is 13.8 Å². The molecule has 0 rings (SSSR count). The van der Waals surface area contributed by atoms with E-state index in [1.54, 1.807) is 11.8 Å². The van der Waals surface area contributed by atoms with Gasteiger partial charge >= 0.3 is 0 Å². The normalized spacial score (nSPS) is 18.0. The van der Waals surface area contributed by atoms with Crippen LogP contribution in [-0.2, 0) is 0 Å². The van der Waals surface area contributed by atoms with Crippen molar-refractivity contribution >= 4 is 24.4 Å². The Bertz CT molecular complexity index is 56.4. The molecule has 0 saturated carbocycles. The molecule has 8 heavy (non-hydrogen) atoms. The number of nitrogens with two attached hydrogens (primary N) is 1. The molecule has 0 bridgehead atoms. The molecule has 0 saturated heterocycles. The smallest absolute Gasteiger partial charge is 0.0620 e. The Kier molecular flexibility index (Phi) is 4.90. The van der Waals surface area contributed by atoms with Crippen molar-refractivity contribution in [3.63, 3.8) is 0 Å². The summed E-state index contributed by atoms with van der Waals surface area (Å²) >= 11 is 6.02. The fraction of sp³-hybridized carbons (Fsp3) is 1.00. The highest BCUT2D eigenvalue weighted by Crippen LogP contribution is 2.15. The summed E-state index contributed by atoms with van der Waals surface area (Å²) in [7, 11) is 0. The summed E-state index contributed by atoms with van der Waals surface area (Å²) in [5, 5.41) is 0. The third kappa shape index (κ3) is 3.64. The Morgan fingerprint density at radius 2 is 2.25 bits per heavy atom. The lowest BCUT2D eigenvalue weighted by Gasteiger charge is -2.11. The van der Waals surface area contributed by atoms with E-state index in [1.807, 2.05) is 6.92 Å². The molecular formula is C5H13NS2. The molecule has 2 atom stereocenters.